The monoisotopic (exact) mass is 360 g/mol. The molecule has 1 fully saturated rings. The van der Waals surface area contributed by atoms with Crippen molar-refractivity contribution in [3.8, 4) is 5.75 Å². The molecule has 8 nitrogen and oxygen atoms in total. The number of amides is 1. The molecule has 138 valence electrons. The lowest BCUT2D eigenvalue weighted by Gasteiger charge is -2.09. The number of carboxylic acids is 1. The molecule has 1 aromatic heterocycles. The summed E-state index contributed by atoms with van der Waals surface area (Å²) < 4.78 is 16.0. The zero-order chi connectivity index (χ0) is 18.4. The number of carbonyl (C=O) groups is 2. The second-order valence-electron chi connectivity index (χ2n) is 5.90. The molecular formula is C18H20N2O6. The van der Waals surface area contributed by atoms with Crippen LogP contribution in [0.4, 0.5) is 0 Å². The van der Waals surface area contributed by atoms with E-state index in [0.717, 1.165) is 18.4 Å². The maximum absolute atomic E-state index is 12.3. The Morgan fingerprint density at radius 1 is 1.31 bits per heavy atom. The molecule has 2 aromatic rings. The van der Waals surface area contributed by atoms with Crippen molar-refractivity contribution >= 4 is 11.9 Å². The van der Waals surface area contributed by atoms with Crippen molar-refractivity contribution in [2.24, 2.45) is 0 Å². The Morgan fingerprint density at radius 2 is 2.12 bits per heavy atom. The number of hydrogen-bond acceptors (Lipinski definition) is 6. The van der Waals surface area contributed by atoms with Gasteiger partial charge in [-0.3, -0.25) is 4.79 Å². The first-order chi connectivity index (χ1) is 12.6. The van der Waals surface area contributed by atoms with Crippen molar-refractivity contribution in [2.75, 3.05) is 19.8 Å². The van der Waals surface area contributed by atoms with Crippen LogP contribution in [0.15, 0.2) is 35.1 Å². The minimum Gasteiger partial charge on any atom is -0.482 e. The van der Waals surface area contributed by atoms with Crippen LogP contribution in [0.3, 0.4) is 0 Å². The maximum atomic E-state index is 12.3. The van der Waals surface area contributed by atoms with Crippen molar-refractivity contribution < 1.29 is 28.6 Å². The van der Waals surface area contributed by atoms with Crippen molar-refractivity contribution in [2.45, 2.75) is 25.4 Å². The predicted molar refractivity (Wildman–Crippen MR) is 90.0 cm³/mol. The molecule has 0 aliphatic carbocycles. The second kappa shape index (κ2) is 8.48. The first-order valence-electron chi connectivity index (χ1n) is 8.40. The average Bonchev–Trinajstić information content (AvgIpc) is 3.32. The van der Waals surface area contributed by atoms with Crippen LogP contribution in [0.1, 0.15) is 40.8 Å². The van der Waals surface area contributed by atoms with E-state index in [0.29, 0.717) is 31.1 Å². The molecule has 1 saturated heterocycles. The molecular weight excluding hydrogens is 340 g/mol. The number of carbonyl (C=O) groups excluding carboxylic acids is 1. The lowest BCUT2D eigenvalue weighted by molar-refractivity contribution is -0.139. The summed E-state index contributed by atoms with van der Waals surface area (Å²) in [7, 11) is 0. The number of hydrogen-bond donors (Lipinski definition) is 2. The normalized spacial score (nSPS) is 16.4. The van der Waals surface area contributed by atoms with Crippen molar-refractivity contribution in [3.63, 3.8) is 0 Å². The van der Waals surface area contributed by atoms with E-state index in [1.165, 1.54) is 6.39 Å². The Balaban J connectivity index is 1.48. The first kappa shape index (κ1) is 17.9. The number of oxazole rings is 1. The third-order valence-electron chi connectivity index (χ3n) is 4.02. The minimum atomic E-state index is -1.02. The molecule has 1 aliphatic heterocycles. The molecule has 0 saturated carbocycles. The van der Waals surface area contributed by atoms with Gasteiger partial charge in [0.2, 0.25) is 0 Å². The Labute approximate surface area is 150 Å². The molecule has 1 atom stereocenters. The number of carboxylic acid groups (broad SMARTS) is 1. The van der Waals surface area contributed by atoms with Gasteiger partial charge in [-0.1, -0.05) is 12.1 Å². The summed E-state index contributed by atoms with van der Waals surface area (Å²) in [5.74, 6) is -0.332. The van der Waals surface area contributed by atoms with Crippen LogP contribution >= 0.6 is 0 Å². The van der Waals surface area contributed by atoms with Gasteiger partial charge >= 0.3 is 5.97 Å². The number of benzene rings is 1. The summed E-state index contributed by atoms with van der Waals surface area (Å²) in [6.45, 7) is 0.727. The fourth-order valence-corrected chi connectivity index (χ4v) is 2.74. The molecule has 0 unspecified atom stereocenters. The molecule has 26 heavy (non-hydrogen) atoms. The Morgan fingerprint density at radius 3 is 2.81 bits per heavy atom. The van der Waals surface area contributed by atoms with Crippen molar-refractivity contribution in [1.82, 2.24) is 10.3 Å². The van der Waals surface area contributed by atoms with Gasteiger partial charge in [-0.05, 0) is 37.0 Å². The lowest BCUT2D eigenvalue weighted by Crippen LogP contribution is -2.27. The van der Waals surface area contributed by atoms with Gasteiger partial charge in [-0.15, -0.1) is 0 Å². The molecule has 3 rings (SSSR count). The third kappa shape index (κ3) is 4.60. The van der Waals surface area contributed by atoms with Gasteiger partial charge in [0.15, 0.2) is 24.5 Å². The number of nitrogens with zero attached hydrogens (tertiary/aromatic N) is 1. The van der Waals surface area contributed by atoms with E-state index >= 15 is 0 Å². The van der Waals surface area contributed by atoms with Crippen LogP contribution in [-0.4, -0.2) is 41.7 Å². The SMILES string of the molecule is O=C(O)COc1ccc(CCNC(=O)c2ncoc2[C@@H]2CCCO2)cc1. The molecule has 1 amide bonds. The van der Waals surface area contributed by atoms with Gasteiger partial charge in [0.05, 0.1) is 0 Å². The molecule has 2 heterocycles. The van der Waals surface area contributed by atoms with Gasteiger partial charge in [0.25, 0.3) is 5.91 Å². The number of ether oxygens (including phenoxy) is 2. The summed E-state index contributed by atoms with van der Waals surface area (Å²) >= 11 is 0. The standard InChI is InChI=1S/C18H20N2O6/c21-15(22)10-25-13-5-3-12(4-6-13)7-8-19-18(23)16-17(26-11-20-16)14-2-1-9-24-14/h3-6,11,14H,1-2,7-10H2,(H,19,23)(H,21,22)/t14-/m0/s1. The van der Waals surface area contributed by atoms with Crippen molar-refractivity contribution in [3.05, 3.63) is 47.7 Å². The summed E-state index contributed by atoms with van der Waals surface area (Å²) in [5.41, 5.74) is 1.27. The predicted octanol–water partition coefficient (Wildman–Crippen LogP) is 1.96. The van der Waals surface area contributed by atoms with Gasteiger partial charge in [0.1, 0.15) is 11.9 Å². The zero-order valence-corrected chi connectivity index (χ0v) is 14.1. The van der Waals surface area contributed by atoms with Gasteiger partial charge in [-0.2, -0.15) is 0 Å². The highest BCUT2D eigenvalue weighted by Gasteiger charge is 2.27. The van der Waals surface area contributed by atoms with Crippen LogP contribution in [0, 0.1) is 0 Å². The molecule has 2 N–H and O–H groups in total. The summed E-state index contributed by atoms with van der Waals surface area (Å²) in [5, 5.41) is 11.4. The highest BCUT2D eigenvalue weighted by molar-refractivity contribution is 5.93. The largest absolute Gasteiger partial charge is 0.482 e. The minimum absolute atomic E-state index is 0.198. The van der Waals surface area contributed by atoms with E-state index in [9.17, 15) is 9.59 Å². The van der Waals surface area contributed by atoms with E-state index in [4.69, 9.17) is 19.0 Å². The lowest BCUT2D eigenvalue weighted by atomic mass is 10.1. The maximum Gasteiger partial charge on any atom is 0.341 e. The van der Waals surface area contributed by atoms with Crippen LogP contribution < -0.4 is 10.1 Å². The van der Waals surface area contributed by atoms with Gasteiger partial charge in [-0.25, -0.2) is 9.78 Å². The number of nitrogens with one attached hydrogen (secondary N) is 1. The van der Waals surface area contributed by atoms with E-state index in [1.807, 2.05) is 12.1 Å². The topological polar surface area (TPSA) is 111 Å². The van der Waals surface area contributed by atoms with Crippen LogP contribution in [0.2, 0.25) is 0 Å². The van der Waals surface area contributed by atoms with E-state index in [1.54, 1.807) is 12.1 Å². The molecule has 1 aliphatic rings. The summed E-state index contributed by atoms with van der Waals surface area (Å²) in [4.78, 5) is 26.8. The number of rotatable bonds is 8. The van der Waals surface area contributed by atoms with Gasteiger partial charge in [0, 0.05) is 13.2 Å². The number of aliphatic carboxylic acids is 1. The molecule has 0 spiro atoms. The molecule has 1 aromatic carbocycles. The molecule has 8 heteroatoms. The van der Waals surface area contributed by atoms with E-state index in [-0.39, 0.29) is 24.3 Å². The smallest absolute Gasteiger partial charge is 0.341 e. The van der Waals surface area contributed by atoms with Crippen LogP contribution in [-0.2, 0) is 16.0 Å². The van der Waals surface area contributed by atoms with Crippen LogP contribution in [0.25, 0.3) is 0 Å². The van der Waals surface area contributed by atoms with Crippen LogP contribution in [0.5, 0.6) is 5.75 Å². The van der Waals surface area contributed by atoms with Crippen molar-refractivity contribution in [1.29, 1.82) is 0 Å². The fourth-order valence-electron chi connectivity index (χ4n) is 2.74. The first-order valence-corrected chi connectivity index (χ1v) is 8.40. The number of aromatic nitrogens is 1. The molecule has 0 bridgehead atoms. The highest BCUT2D eigenvalue weighted by atomic mass is 16.5. The second-order valence-corrected chi connectivity index (χ2v) is 5.90. The van der Waals surface area contributed by atoms with Gasteiger partial charge < -0.3 is 24.3 Å². The Hall–Kier alpha value is -2.87. The quantitative estimate of drug-likeness (QED) is 0.740. The summed E-state index contributed by atoms with van der Waals surface area (Å²) in [6, 6.07) is 7.06. The third-order valence-corrected chi connectivity index (χ3v) is 4.02. The highest BCUT2D eigenvalue weighted by Crippen LogP contribution is 2.30. The fraction of sp³-hybridized carbons (Fsp3) is 0.389. The zero-order valence-electron chi connectivity index (χ0n) is 14.1. The average molecular weight is 360 g/mol. The summed E-state index contributed by atoms with van der Waals surface area (Å²) in [6.07, 6.45) is 3.46. The van der Waals surface area contributed by atoms with E-state index < -0.39 is 5.97 Å². The Kier molecular flexibility index (Phi) is 5.85. The molecule has 0 radical (unpaired) electrons. The van der Waals surface area contributed by atoms with E-state index in [2.05, 4.69) is 10.3 Å². The Bertz CT molecular complexity index is 749.